The van der Waals surface area contributed by atoms with E-state index >= 15 is 0 Å². The summed E-state index contributed by atoms with van der Waals surface area (Å²) < 4.78 is 17.9. The zero-order valence-electron chi connectivity index (χ0n) is 8.74. The zero-order chi connectivity index (χ0) is 11.5. The Bertz CT molecular complexity index is 519. The number of benzene rings is 1. The summed E-state index contributed by atoms with van der Waals surface area (Å²) in [5.41, 5.74) is 1.08. The standard InChI is InChI=1S/C12H10FNO2/c1-8(15)12-7-11(16-14-12)6-9-3-2-4-10(13)5-9/h2-5,7H,6H2,1H3. The molecule has 1 aromatic carbocycles. The number of Topliss-reactive ketones (excluding diaryl/α,β-unsaturated/α-hetero) is 1. The van der Waals surface area contributed by atoms with Crippen LogP contribution < -0.4 is 0 Å². The number of carbonyl (C=O) groups excluding carboxylic acids is 1. The Balaban J connectivity index is 2.17. The van der Waals surface area contributed by atoms with Crippen LogP contribution in [0.4, 0.5) is 4.39 Å². The van der Waals surface area contributed by atoms with Gasteiger partial charge in [0, 0.05) is 19.4 Å². The number of halogens is 1. The molecule has 0 bridgehead atoms. The van der Waals surface area contributed by atoms with Crippen LogP contribution in [0.3, 0.4) is 0 Å². The minimum absolute atomic E-state index is 0.144. The first-order valence-corrected chi connectivity index (χ1v) is 4.86. The smallest absolute Gasteiger partial charge is 0.181 e. The molecule has 0 amide bonds. The second-order valence-corrected chi connectivity index (χ2v) is 3.54. The zero-order valence-corrected chi connectivity index (χ0v) is 8.74. The average Bonchev–Trinajstić information content (AvgIpc) is 2.66. The highest BCUT2D eigenvalue weighted by molar-refractivity contribution is 5.91. The number of hydrogen-bond donors (Lipinski definition) is 0. The van der Waals surface area contributed by atoms with Crippen LogP contribution in [0.25, 0.3) is 0 Å². The highest BCUT2D eigenvalue weighted by Gasteiger charge is 2.08. The third kappa shape index (κ3) is 2.34. The summed E-state index contributed by atoms with van der Waals surface area (Å²) in [5, 5.41) is 3.62. The molecular formula is C12H10FNO2. The lowest BCUT2D eigenvalue weighted by Crippen LogP contribution is -1.90. The van der Waals surface area contributed by atoms with E-state index in [-0.39, 0.29) is 11.6 Å². The van der Waals surface area contributed by atoms with Gasteiger partial charge in [0.1, 0.15) is 17.3 Å². The number of aromatic nitrogens is 1. The monoisotopic (exact) mass is 219 g/mol. The molecule has 0 radical (unpaired) electrons. The molecule has 0 fully saturated rings. The largest absolute Gasteiger partial charge is 0.360 e. The summed E-state index contributed by atoms with van der Waals surface area (Å²) in [7, 11) is 0. The van der Waals surface area contributed by atoms with E-state index in [1.165, 1.54) is 19.1 Å². The van der Waals surface area contributed by atoms with Gasteiger partial charge in [-0.2, -0.15) is 0 Å². The Hall–Kier alpha value is -1.97. The van der Waals surface area contributed by atoms with Gasteiger partial charge in [0.15, 0.2) is 5.78 Å². The number of hydrogen-bond acceptors (Lipinski definition) is 3. The molecule has 3 nitrogen and oxygen atoms in total. The van der Waals surface area contributed by atoms with Gasteiger partial charge in [0.25, 0.3) is 0 Å². The number of rotatable bonds is 3. The van der Waals surface area contributed by atoms with Gasteiger partial charge in [-0.1, -0.05) is 17.3 Å². The molecule has 1 heterocycles. The minimum atomic E-state index is -0.288. The third-order valence-electron chi connectivity index (χ3n) is 2.19. The number of nitrogens with zero attached hydrogens (tertiary/aromatic N) is 1. The van der Waals surface area contributed by atoms with Crippen LogP contribution >= 0.6 is 0 Å². The van der Waals surface area contributed by atoms with Crippen molar-refractivity contribution in [3.8, 4) is 0 Å². The molecule has 0 aliphatic carbocycles. The number of ketones is 1. The summed E-state index contributed by atoms with van der Waals surface area (Å²) in [6.07, 6.45) is 0.429. The van der Waals surface area contributed by atoms with Gasteiger partial charge in [-0.25, -0.2) is 4.39 Å². The molecule has 1 aromatic heterocycles. The van der Waals surface area contributed by atoms with Crippen LogP contribution in [0, 0.1) is 5.82 Å². The predicted octanol–water partition coefficient (Wildman–Crippen LogP) is 2.61. The van der Waals surface area contributed by atoms with Crippen LogP contribution in [-0.4, -0.2) is 10.9 Å². The molecule has 0 atom stereocenters. The van der Waals surface area contributed by atoms with Gasteiger partial charge in [-0.05, 0) is 17.7 Å². The Morgan fingerprint density at radius 1 is 1.44 bits per heavy atom. The van der Waals surface area contributed by atoms with Crippen molar-refractivity contribution in [1.29, 1.82) is 0 Å². The fraction of sp³-hybridized carbons (Fsp3) is 0.167. The lowest BCUT2D eigenvalue weighted by molar-refractivity contribution is 0.100. The lowest BCUT2D eigenvalue weighted by Gasteiger charge is -1.96. The summed E-state index contributed by atoms with van der Waals surface area (Å²) in [5.74, 6) is 0.119. The Labute approximate surface area is 91.9 Å². The summed E-state index contributed by atoms with van der Waals surface area (Å²) in [6.45, 7) is 1.42. The van der Waals surface area contributed by atoms with E-state index in [0.717, 1.165) is 5.56 Å². The SMILES string of the molecule is CC(=O)c1cc(Cc2cccc(F)c2)on1. The first-order chi connectivity index (χ1) is 7.65. The maximum atomic E-state index is 12.9. The average molecular weight is 219 g/mol. The normalized spacial score (nSPS) is 10.4. The van der Waals surface area contributed by atoms with Crippen molar-refractivity contribution in [3.05, 3.63) is 53.2 Å². The minimum Gasteiger partial charge on any atom is -0.360 e. The van der Waals surface area contributed by atoms with E-state index in [1.807, 2.05) is 0 Å². The highest BCUT2D eigenvalue weighted by Crippen LogP contribution is 2.12. The van der Waals surface area contributed by atoms with E-state index in [0.29, 0.717) is 17.9 Å². The van der Waals surface area contributed by atoms with Gasteiger partial charge in [0.05, 0.1) is 0 Å². The molecule has 0 saturated heterocycles. The van der Waals surface area contributed by atoms with E-state index in [4.69, 9.17) is 4.52 Å². The van der Waals surface area contributed by atoms with E-state index in [9.17, 15) is 9.18 Å². The molecule has 0 aliphatic heterocycles. The van der Waals surface area contributed by atoms with Gasteiger partial charge in [0.2, 0.25) is 0 Å². The quantitative estimate of drug-likeness (QED) is 0.745. The predicted molar refractivity (Wildman–Crippen MR) is 55.7 cm³/mol. The van der Waals surface area contributed by atoms with Crippen LogP contribution in [0.5, 0.6) is 0 Å². The maximum absolute atomic E-state index is 12.9. The molecule has 82 valence electrons. The van der Waals surface area contributed by atoms with Gasteiger partial charge >= 0.3 is 0 Å². The molecule has 16 heavy (non-hydrogen) atoms. The van der Waals surface area contributed by atoms with Crippen molar-refractivity contribution in [2.24, 2.45) is 0 Å². The van der Waals surface area contributed by atoms with Gasteiger partial charge < -0.3 is 4.52 Å². The van der Waals surface area contributed by atoms with Crippen LogP contribution in [0.2, 0.25) is 0 Å². The summed E-state index contributed by atoms with van der Waals surface area (Å²) >= 11 is 0. The third-order valence-corrected chi connectivity index (χ3v) is 2.19. The molecule has 0 spiro atoms. The topological polar surface area (TPSA) is 43.1 Å². The van der Waals surface area contributed by atoms with Crippen LogP contribution in [-0.2, 0) is 6.42 Å². The van der Waals surface area contributed by atoms with Crippen LogP contribution in [0.1, 0.15) is 28.7 Å². The van der Waals surface area contributed by atoms with Gasteiger partial charge in [-0.15, -0.1) is 0 Å². The summed E-state index contributed by atoms with van der Waals surface area (Å²) in [4.78, 5) is 11.0. The first kappa shape index (κ1) is 10.5. The maximum Gasteiger partial charge on any atom is 0.181 e. The van der Waals surface area contributed by atoms with Crippen molar-refractivity contribution >= 4 is 5.78 Å². The Morgan fingerprint density at radius 2 is 2.25 bits per heavy atom. The van der Waals surface area contributed by atoms with Crippen molar-refractivity contribution in [1.82, 2.24) is 5.16 Å². The van der Waals surface area contributed by atoms with Crippen molar-refractivity contribution < 1.29 is 13.7 Å². The second-order valence-electron chi connectivity index (χ2n) is 3.54. The Kier molecular flexibility index (Phi) is 2.81. The first-order valence-electron chi connectivity index (χ1n) is 4.86. The highest BCUT2D eigenvalue weighted by atomic mass is 19.1. The molecule has 0 aliphatic rings. The van der Waals surface area contributed by atoms with Crippen molar-refractivity contribution in [3.63, 3.8) is 0 Å². The molecule has 2 rings (SSSR count). The second kappa shape index (κ2) is 4.26. The fourth-order valence-corrected chi connectivity index (χ4v) is 1.41. The van der Waals surface area contributed by atoms with Gasteiger partial charge in [-0.3, -0.25) is 4.79 Å². The fourth-order valence-electron chi connectivity index (χ4n) is 1.41. The van der Waals surface area contributed by atoms with E-state index in [1.54, 1.807) is 18.2 Å². The lowest BCUT2D eigenvalue weighted by atomic mass is 10.1. The van der Waals surface area contributed by atoms with E-state index < -0.39 is 0 Å². The molecule has 0 saturated carbocycles. The van der Waals surface area contributed by atoms with E-state index in [2.05, 4.69) is 5.16 Å². The Morgan fingerprint density at radius 3 is 2.88 bits per heavy atom. The molecular weight excluding hydrogens is 209 g/mol. The number of carbonyl (C=O) groups is 1. The molecule has 0 unspecified atom stereocenters. The van der Waals surface area contributed by atoms with Crippen molar-refractivity contribution in [2.75, 3.05) is 0 Å². The van der Waals surface area contributed by atoms with Crippen LogP contribution in [0.15, 0.2) is 34.9 Å². The molecule has 4 heteroatoms. The summed E-state index contributed by atoms with van der Waals surface area (Å²) in [6, 6.07) is 7.81. The molecule has 2 aromatic rings. The molecule has 0 N–H and O–H groups in total. The van der Waals surface area contributed by atoms with Crippen molar-refractivity contribution in [2.45, 2.75) is 13.3 Å².